The Morgan fingerprint density at radius 3 is 2.51 bits per heavy atom. The second-order valence-corrected chi connectivity index (χ2v) is 8.24. The highest BCUT2D eigenvalue weighted by molar-refractivity contribution is 5.94. The average Bonchev–Trinajstić information content (AvgIpc) is 3.31. The SMILES string of the molecule is CC(CNC(C(=O)Nc1ccc(-c2cnn(C)c2)cn1)c1cncc(F)c1)c1ccc(C#N)cc1. The Labute approximate surface area is 202 Å². The van der Waals surface area contributed by atoms with Gasteiger partial charge in [0.1, 0.15) is 17.7 Å². The van der Waals surface area contributed by atoms with Gasteiger partial charge >= 0.3 is 0 Å². The molecular weight excluding hydrogens is 445 g/mol. The van der Waals surface area contributed by atoms with Crippen LogP contribution in [0.5, 0.6) is 0 Å². The molecule has 4 rings (SSSR count). The fourth-order valence-electron chi connectivity index (χ4n) is 3.65. The highest BCUT2D eigenvalue weighted by Crippen LogP contribution is 2.21. The molecule has 9 heteroatoms. The largest absolute Gasteiger partial charge is 0.309 e. The Balaban J connectivity index is 1.48. The number of hydrogen-bond acceptors (Lipinski definition) is 6. The van der Waals surface area contributed by atoms with Crippen LogP contribution in [0.2, 0.25) is 0 Å². The van der Waals surface area contributed by atoms with Gasteiger partial charge in [-0.1, -0.05) is 19.1 Å². The van der Waals surface area contributed by atoms with Gasteiger partial charge < -0.3 is 10.6 Å². The molecule has 0 aliphatic heterocycles. The van der Waals surface area contributed by atoms with E-state index in [1.165, 1.54) is 12.3 Å². The van der Waals surface area contributed by atoms with Gasteiger partial charge in [-0.3, -0.25) is 14.5 Å². The van der Waals surface area contributed by atoms with E-state index in [1.54, 1.807) is 35.3 Å². The van der Waals surface area contributed by atoms with E-state index < -0.39 is 11.9 Å². The summed E-state index contributed by atoms with van der Waals surface area (Å²) >= 11 is 0. The molecule has 0 aliphatic rings. The molecule has 3 heterocycles. The number of aromatic nitrogens is 4. The maximum atomic E-state index is 13.9. The van der Waals surface area contributed by atoms with Crippen LogP contribution in [-0.4, -0.2) is 32.2 Å². The van der Waals surface area contributed by atoms with E-state index in [0.717, 1.165) is 22.9 Å². The Morgan fingerprint density at radius 1 is 1.09 bits per heavy atom. The number of aryl methyl sites for hydroxylation is 1. The maximum absolute atomic E-state index is 13.9. The molecular formula is C26H24FN7O. The molecule has 8 nitrogen and oxygen atoms in total. The van der Waals surface area contributed by atoms with E-state index in [2.05, 4.69) is 31.8 Å². The Hall–Kier alpha value is -4.42. The van der Waals surface area contributed by atoms with Crippen molar-refractivity contribution in [3.8, 4) is 17.2 Å². The number of amides is 1. The third kappa shape index (κ3) is 5.93. The van der Waals surface area contributed by atoms with E-state index in [9.17, 15) is 9.18 Å². The second kappa shape index (κ2) is 10.7. The Morgan fingerprint density at radius 2 is 1.89 bits per heavy atom. The minimum atomic E-state index is -0.848. The number of halogens is 1. The molecule has 4 aromatic rings. The van der Waals surface area contributed by atoms with Crippen LogP contribution in [0.25, 0.3) is 11.1 Å². The first kappa shape index (κ1) is 23.7. The van der Waals surface area contributed by atoms with Crippen molar-refractivity contribution in [2.24, 2.45) is 7.05 Å². The van der Waals surface area contributed by atoms with Gasteiger partial charge in [0.25, 0.3) is 0 Å². The first-order valence-electron chi connectivity index (χ1n) is 11.0. The Bertz CT molecular complexity index is 1340. The zero-order valence-electron chi connectivity index (χ0n) is 19.3. The number of carbonyl (C=O) groups excluding carboxylic acids is 1. The second-order valence-electron chi connectivity index (χ2n) is 8.24. The summed E-state index contributed by atoms with van der Waals surface area (Å²) in [6, 6.07) is 13.4. The molecule has 2 atom stereocenters. The lowest BCUT2D eigenvalue weighted by atomic mass is 9.99. The number of nitriles is 1. The topological polar surface area (TPSA) is 109 Å². The molecule has 0 aliphatic carbocycles. The average molecular weight is 470 g/mol. The summed E-state index contributed by atoms with van der Waals surface area (Å²) in [5.41, 5.74) is 3.79. The smallest absolute Gasteiger partial charge is 0.247 e. The van der Waals surface area contributed by atoms with Gasteiger partial charge in [-0.05, 0) is 47.4 Å². The zero-order chi connectivity index (χ0) is 24.8. The summed E-state index contributed by atoms with van der Waals surface area (Å²) in [6.45, 7) is 2.44. The van der Waals surface area contributed by atoms with Gasteiger partial charge in [0, 0.05) is 43.3 Å². The quantitative estimate of drug-likeness (QED) is 0.404. The monoisotopic (exact) mass is 469 g/mol. The summed E-state index contributed by atoms with van der Waals surface area (Å²) in [5, 5.41) is 19.2. The molecule has 0 saturated heterocycles. The van der Waals surface area contributed by atoms with Crippen molar-refractivity contribution in [2.75, 3.05) is 11.9 Å². The molecule has 35 heavy (non-hydrogen) atoms. The van der Waals surface area contributed by atoms with E-state index in [1.807, 2.05) is 38.4 Å². The van der Waals surface area contributed by atoms with Gasteiger partial charge in [0.05, 0.1) is 24.0 Å². The van der Waals surface area contributed by atoms with Crippen LogP contribution in [0.3, 0.4) is 0 Å². The lowest BCUT2D eigenvalue weighted by Gasteiger charge is -2.21. The van der Waals surface area contributed by atoms with Crippen molar-refractivity contribution in [3.63, 3.8) is 0 Å². The number of nitrogens with one attached hydrogen (secondary N) is 2. The molecule has 0 fully saturated rings. The molecule has 176 valence electrons. The van der Waals surface area contributed by atoms with Gasteiger partial charge in [-0.2, -0.15) is 10.4 Å². The van der Waals surface area contributed by atoms with Gasteiger partial charge in [-0.25, -0.2) is 9.37 Å². The summed E-state index contributed by atoms with van der Waals surface area (Å²) in [4.78, 5) is 21.4. The van der Waals surface area contributed by atoms with Crippen molar-refractivity contribution < 1.29 is 9.18 Å². The van der Waals surface area contributed by atoms with Crippen molar-refractivity contribution in [3.05, 3.63) is 96.0 Å². The van der Waals surface area contributed by atoms with E-state index in [-0.39, 0.29) is 11.8 Å². The Kier molecular flexibility index (Phi) is 7.24. The fraction of sp³-hybridized carbons (Fsp3) is 0.192. The van der Waals surface area contributed by atoms with Crippen LogP contribution < -0.4 is 10.6 Å². The number of nitrogens with zero attached hydrogens (tertiary/aromatic N) is 5. The predicted molar refractivity (Wildman–Crippen MR) is 130 cm³/mol. The molecule has 0 radical (unpaired) electrons. The zero-order valence-corrected chi connectivity index (χ0v) is 19.3. The van der Waals surface area contributed by atoms with Crippen LogP contribution in [0.4, 0.5) is 10.2 Å². The number of anilines is 1. The van der Waals surface area contributed by atoms with Crippen LogP contribution >= 0.6 is 0 Å². The van der Waals surface area contributed by atoms with E-state index >= 15 is 0 Å². The molecule has 0 bridgehead atoms. The van der Waals surface area contributed by atoms with Crippen molar-refractivity contribution in [1.82, 2.24) is 25.1 Å². The molecule has 2 unspecified atom stereocenters. The molecule has 3 aromatic heterocycles. The molecule has 1 amide bonds. The summed E-state index contributed by atoms with van der Waals surface area (Å²) < 4.78 is 15.6. The number of rotatable bonds is 8. The predicted octanol–water partition coefficient (Wildman–Crippen LogP) is 3.96. The number of pyridine rings is 2. The number of hydrogen-bond donors (Lipinski definition) is 2. The highest BCUT2D eigenvalue weighted by atomic mass is 19.1. The minimum absolute atomic E-state index is 0.0384. The third-order valence-corrected chi connectivity index (χ3v) is 5.61. The lowest BCUT2D eigenvalue weighted by molar-refractivity contribution is -0.118. The molecule has 0 spiro atoms. The minimum Gasteiger partial charge on any atom is -0.309 e. The maximum Gasteiger partial charge on any atom is 0.247 e. The highest BCUT2D eigenvalue weighted by Gasteiger charge is 2.23. The first-order chi connectivity index (χ1) is 16.9. The standard InChI is InChI=1S/C26H24FN7O/c1-17(19-5-3-18(10-28)4-6-19)11-31-25(21-9-23(27)15-29-12-21)26(35)33-24-8-7-20(13-30-24)22-14-32-34(2)16-22/h3-9,12-17,25,31H,11H2,1-2H3,(H,30,33,35). The van der Waals surface area contributed by atoms with Crippen molar-refractivity contribution in [1.29, 1.82) is 5.26 Å². The van der Waals surface area contributed by atoms with Crippen LogP contribution in [0.1, 0.15) is 35.6 Å². The van der Waals surface area contributed by atoms with E-state index in [4.69, 9.17) is 5.26 Å². The summed E-state index contributed by atoms with van der Waals surface area (Å²) in [5.74, 6) is -0.498. The molecule has 1 aromatic carbocycles. The van der Waals surface area contributed by atoms with Crippen LogP contribution in [0, 0.1) is 17.1 Å². The molecule has 0 saturated carbocycles. The van der Waals surface area contributed by atoms with Gasteiger partial charge in [-0.15, -0.1) is 0 Å². The summed E-state index contributed by atoms with van der Waals surface area (Å²) in [7, 11) is 1.84. The molecule has 2 N–H and O–H groups in total. The number of benzene rings is 1. The van der Waals surface area contributed by atoms with Crippen molar-refractivity contribution >= 4 is 11.7 Å². The van der Waals surface area contributed by atoms with Crippen LogP contribution in [-0.2, 0) is 11.8 Å². The van der Waals surface area contributed by atoms with Gasteiger partial charge in [0.2, 0.25) is 5.91 Å². The summed E-state index contributed by atoms with van der Waals surface area (Å²) in [6.07, 6.45) is 7.83. The van der Waals surface area contributed by atoms with E-state index in [0.29, 0.717) is 23.5 Å². The first-order valence-corrected chi connectivity index (χ1v) is 11.0. The van der Waals surface area contributed by atoms with Crippen molar-refractivity contribution in [2.45, 2.75) is 18.9 Å². The van der Waals surface area contributed by atoms with Gasteiger partial charge in [0.15, 0.2) is 0 Å². The lowest BCUT2D eigenvalue weighted by Crippen LogP contribution is -2.35. The number of carbonyl (C=O) groups is 1. The van der Waals surface area contributed by atoms with Crippen LogP contribution in [0.15, 0.2) is 73.4 Å². The fourth-order valence-corrected chi connectivity index (χ4v) is 3.65. The third-order valence-electron chi connectivity index (χ3n) is 5.61. The normalized spacial score (nSPS) is 12.5.